The molecule has 1 heterocycles. The number of nitrogen functional groups attached to an aromatic ring is 1. The van der Waals surface area contributed by atoms with E-state index < -0.39 is 12.1 Å². The first kappa shape index (κ1) is 19.1. The van der Waals surface area contributed by atoms with E-state index in [1.54, 1.807) is 0 Å². The first-order valence-corrected chi connectivity index (χ1v) is 8.07. The number of benzene rings is 2. The summed E-state index contributed by atoms with van der Waals surface area (Å²) in [7, 11) is 0. The van der Waals surface area contributed by atoms with Crippen molar-refractivity contribution >= 4 is 45.9 Å². The number of alkyl halides is 3. The minimum atomic E-state index is -5.19. The Balaban J connectivity index is 2.26. The molecule has 5 nitrogen and oxygen atoms in total. The number of rotatable bonds is 3. The molecule has 0 bridgehead atoms. The van der Waals surface area contributed by atoms with E-state index in [0.717, 1.165) is 0 Å². The van der Waals surface area contributed by atoms with Crippen LogP contribution >= 0.6 is 23.2 Å². The lowest BCUT2D eigenvalue weighted by atomic mass is 10.1. The van der Waals surface area contributed by atoms with Gasteiger partial charge in [0.15, 0.2) is 5.75 Å². The third-order valence-corrected chi connectivity index (χ3v) is 4.08. The van der Waals surface area contributed by atoms with Gasteiger partial charge in [0, 0.05) is 32.1 Å². The Hall–Kier alpha value is -2.71. The molecule has 0 unspecified atom stereocenters. The van der Waals surface area contributed by atoms with E-state index in [9.17, 15) is 18.0 Å². The molecule has 140 valence electrons. The monoisotopic (exact) mass is 415 g/mol. The molecule has 1 aromatic heterocycles. The number of ether oxygens (including phenoxy) is 1. The quantitative estimate of drug-likeness (QED) is 0.323. The Bertz CT molecular complexity index is 1060. The van der Waals surface area contributed by atoms with Crippen molar-refractivity contribution in [2.45, 2.75) is 6.18 Å². The molecule has 3 aromatic rings. The van der Waals surface area contributed by atoms with E-state index in [-0.39, 0.29) is 38.3 Å². The number of aromatic nitrogens is 1. The highest BCUT2D eigenvalue weighted by molar-refractivity contribution is 6.35. The first-order chi connectivity index (χ1) is 12.6. The number of H-pyrrole nitrogens is 1. The zero-order valence-corrected chi connectivity index (χ0v) is 14.8. The number of halogens is 5. The molecule has 0 saturated heterocycles. The van der Waals surface area contributed by atoms with Crippen molar-refractivity contribution in [3.05, 3.63) is 52.0 Å². The standard InChI is InChI=1S/C17H10Cl2F3N3O2/c18-9-3-8(4-10(19)6-9)13-14(27-16(26)17(20,21)22)11-5-7(15(23)24)1-2-12(11)25-13/h1-6,25H,(H3,23,24). The molecule has 0 radical (unpaired) electrons. The van der Waals surface area contributed by atoms with Gasteiger partial charge in [-0.25, -0.2) is 4.79 Å². The topological polar surface area (TPSA) is 92.0 Å². The van der Waals surface area contributed by atoms with Crippen LogP contribution < -0.4 is 10.5 Å². The second-order valence-electron chi connectivity index (χ2n) is 5.55. The molecule has 10 heteroatoms. The van der Waals surface area contributed by atoms with E-state index in [1.165, 1.54) is 36.4 Å². The number of hydrogen-bond acceptors (Lipinski definition) is 3. The summed E-state index contributed by atoms with van der Waals surface area (Å²) in [4.78, 5) is 14.3. The maximum absolute atomic E-state index is 12.7. The van der Waals surface area contributed by atoms with Gasteiger partial charge < -0.3 is 15.5 Å². The SMILES string of the molecule is N=C(N)c1ccc2[nH]c(-c3cc(Cl)cc(Cl)c3)c(OC(=O)C(F)(F)F)c2c1. The summed E-state index contributed by atoms with van der Waals surface area (Å²) in [6.45, 7) is 0. The van der Waals surface area contributed by atoms with E-state index in [2.05, 4.69) is 9.72 Å². The van der Waals surface area contributed by atoms with Gasteiger partial charge in [0.25, 0.3) is 0 Å². The lowest BCUT2D eigenvalue weighted by Gasteiger charge is -2.09. The predicted molar refractivity (Wildman–Crippen MR) is 96.5 cm³/mol. The van der Waals surface area contributed by atoms with Gasteiger partial charge in [-0.05, 0) is 36.4 Å². The number of aromatic amines is 1. The number of esters is 1. The molecular weight excluding hydrogens is 406 g/mol. The lowest BCUT2D eigenvalue weighted by molar-refractivity contribution is -0.189. The fourth-order valence-electron chi connectivity index (χ4n) is 2.49. The molecule has 0 aliphatic carbocycles. The van der Waals surface area contributed by atoms with Crippen LogP contribution in [0.4, 0.5) is 13.2 Å². The number of carbonyl (C=O) groups excluding carboxylic acids is 1. The summed E-state index contributed by atoms with van der Waals surface area (Å²) in [5, 5.41) is 8.13. The van der Waals surface area contributed by atoms with Crippen LogP contribution in [0.15, 0.2) is 36.4 Å². The molecule has 0 aliphatic heterocycles. The van der Waals surface area contributed by atoms with Crippen LogP contribution in [0.1, 0.15) is 5.56 Å². The average molecular weight is 416 g/mol. The Labute approximate surface area is 160 Å². The Kier molecular flexibility index (Phi) is 4.79. The van der Waals surface area contributed by atoms with E-state index in [4.69, 9.17) is 34.3 Å². The molecule has 0 spiro atoms. The molecule has 0 aliphatic rings. The molecule has 4 N–H and O–H groups in total. The minimum absolute atomic E-state index is 0.0766. The van der Waals surface area contributed by atoms with Crippen LogP contribution in [0.2, 0.25) is 10.0 Å². The molecule has 0 atom stereocenters. The summed E-state index contributed by atoms with van der Waals surface area (Å²) < 4.78 is 42.8. The smallest absolute Gasteiger partial charge is 0.417 e. The highest BCUT2D eigenvalue weighted by Gasteiger charge is 2.42. The largest absolute Gasteiger partial charge is 0.491 e. The predicted octanol–water partition coefficient (Wildman–Crippen LogP) is 4.89. The summed E-state index contributed by atoms with van der Waals surface area (Å²) in [5.74, 6) is -3.04. The molecule has 0 fully saturated rings. The van der Waals surface area contributed by atoms with Crippen molar-refractivity contribution in [2.75, 3.05) is 0 Å². The summed E-state index contributed by atoms with van der Waals surface area (Å²) >= 11 is 11.9. The maximum Gasteiger partial charge on any atom is 0.491 e. The highest BCUT2D eigenvalue weighted by atomic mass is 35.5. The number of nitrogens with two attached hydrogens (primary N) is 1. The number of nitrogens with one attached hydrogen (secondary N) is 2. The third-order valence-electron chi connectivity index (χ3n) is 3.64. The molecule has 0 amide bonds. The second kappa shape index (κ2) is 6.79. The fourth-order valence-corrected chi connectivity index (χ4v) is 3.02. The number of carbonyl (C=O) groups is 1. The van der Waals surface area contributed by atoms with Gasteiger partial charge >= 0.3 is 12.1 Å². The van der Waals surface area contributed by atoms with Crippen molar-refractivity contribution in [1.82, 2.24) is 4.98 Å². The normalized spacial score (nSPS) is 11.6. The summed E-state index contributed by atoms with van der Waals surface area (Å²) in [6.07, 6.45) is -5.19. The van der Waals surface area contributed by atoms with Gasteiger partial charge in [0.1, 0.15) is 5.84 Å². The number of hydrogen-bond donors (Lipinski definition) is 3. The van der Waals surface area contributed by atoms with Crippen molar-refractivity contribution in [2.24, 2.45) is 5.73 Å². The van der Waals surface area contributed by atoms with Gasteiger partial charge in [-0.1, -0.05) is 23.2 Å². The van der Waals surface area contributed by atoms with Gasteiger partial charge in [-0.2, -0.15) is 13.2 Å². The van der Waals surface area contributed by atoms with E-state index in [0.29, 0.717) is 11.1 Å². The highest BCUT2D eigenvalue weighted by Crippen LogP contribution is 2.40. The molecule has 27 heavy (non-hydrogen) atoms. The van der Waals surface area contributed by atoms with Gasteiger partial charge in [-0.15, -0.1) is 0 Å². The number of amidine groups is 1. The van der Waals surface area contributed by atoms with Crippen LogP contribution in [-0.2, 0) is 4.79 Å². The van der Waals surface area contributed by atoms with Crippen molar-refractivity contribution in [3.8, 4) is 17.0 Å². The van der Waals surface area contributed by atoms with E-state index >= 15 is 0 Å². The minimum Gasteiger partial charge on any atom is -0.417 e. The Morgan fingerprint density at radius 2 is 1.74 bits per heavy atom. The van der Waals surface area contributed by atoms with Crippen LogP contribution in [-0.4, -0.2) is 23.0 Å². The first-order valence-electron chi connectivity index (χ1n) is 7.32. The van der Waals surface area contributed by atoms with Crippen LogP contribution in [0.3, 0.4) is 0 Å². The van der Waals surface area contributed by atoms with Gasteiger partial charge in [0.05, 0.1) is 5.69 Å². The van der Waals surface area contributed by atoms with Crippen LogP contribution in [0.25, 0.3) is 22.2 Å². The van der Waals surface area contributed by atoms with Crippen molar-refractivity contribution in [1.29, 1.82) is 5.41 Å². The number of fused-ring (bicyclic) bond motifs is 1. The molecular formula is C17H10Cl2F3N3O2. The molecule has 0 saturated carbocycles. The Morgan fingerprint density at radius 1 is 1.11 bits per heavy atom. The van der Waals surface area contributed by atoms with Crippen LogP contribution in [0.5, 0.6) is 5.75 Å². The maximum atomic E-state index is 12.7. The summed E-state index contributed by atoms with van der Waals surface area (Å²) in [6, 6.07) is 8.72. The molecule has 2 aromatic carbocycles. The van der Waals surface area contributed by atoms with Crippen LogP contribution in [0, 0.1) is 5.41 Å². The average Bonchev–Trinajstić information content (AvgIpc) is 2.91. The third kappa shape index (κ3) is 3.86. The Morgan fingerprint density at radius 3 is 2.30 bits per heavy atom. The van der Waals surface area contributed by atoms with E-state index in [1.807, 2.05) is 0 Å². The fraction of sp³-hybridized carbons (Fsp3) is 0.0588. The molecule has 3 rings (SSSR count). The second-order valence-corrected chi connectivity index (χ2v) is 6.42. The zero-order chi connectivity index (χ0) is 19.9. The summed E-state index contributed by atoms with van der Waals surface area (Å²) in [5.41, 5.74) is 6.45. The van der Waals surface area contributed by atoms with Gasteiger partial charge in [-0.3, -0.25) is 5.41 Å². The zero-order valence-electron chi connectivity index (χ0n) is 13.2. The van der Waals surface area contributed by atoms with Crippen molar-refractivity contribution < 1.29 is 22.7 Å². The van der Waals surface area contributed by atoms with Gasteiger partial charge in [0.2, 0.25) is 0 Å². The van der Waals surface area contributed by atoms with Crippen molar-refractivity contribution in [3.63, 3.8) is 0 Å². The lowest BCUT2D eigenvalue weighted by Crippen LogP contribution is -2.28.